The summed E-state index contributed by atoms with van der Waals surface area (Å²) >= 11 is 1.74. The molecule has 1 aromatic rings. The Balaban J connectivity index is 2.12. The number of nitrogens with zero attached hydrogens (tertiary/aromatic N) is 1. The van der Waals surface area contributed by atoms with Crippen LogP contribution in [0.3, 0.4) is 0 Å². The molecule has 0 aliphatic carbocycles. The first-order valence-electron chi connectivity index (χ1n) is 7.59. The van der Waals surface area contributed by atoms with E-state index in [4.69, 9.17) is 0 Å². The number of hydrogen-bond donors (Lipinski definition) is 1. The zero-order valence-corrected chi connectivity index (χ0v) is 13.4. The van der Waals surface area contributed by atoms with Crippen molar-refractivity contribution in [1.29, 1.82) is 0 Å². The molecule has 1 N–H and O–H groups in total. The molecule has 1 unspecified atom stereocenters. The molecule has 0 saturated carbocycles. The minimum atomic E-state index is 0.193. The van der Waals surface area contributed by atoms with Crippen LogP contribution in [0.15, 0.2) is 29.4 Å². The molecule has 1 aromatic heterocycles. The summed E-state index contributed by atoms with van der Waals surface area (Å²) in [5.41, 5.74) is 0. The third-order valence-electron chi connectivity index (χ3n) is 3.28. The van der Waals surface area contributed by atoms with Crippen molar-refractivity contribution in [3.8, 4) is 0 Å². The highest BCUT2D eigenvalue weighted by Gasteiger charge is 2.14. The van der Waals surface area contributed by atoms with Crippen LogP contribution in [-0.4, -0.2) is 23.2 Å². The van der Waals surface area contributed by atoms with Gasteiger partial charge in [0, 0.05) is 24.4 Å². The third kappa shape index (κ3) is 6.94. The maximum absolute atomic E-state index is 12.0. The van der Waals surface area contributed by atoms with Gasteiger partial charge in [-0.15, -0.1) is 11.8 Å². The highest BCUT2D eigenvalue weighted by molar-refractivity contribution is 7.99. The van der Waals surface area contributed by atoms with Crippen molar-refractivity contribution < 1.29 is 4.79 Å². The average molecular weight is 294 g/mol. The molecule has 0 aromatic carbocycles. The normalized spacial score (nSPS) is 12.1. The zero-order valence-electron chi connectivity index (χ0n) is 12.6. The zero-order chi connectivity index (χ0) is 14.6. The van der Waals surface area contributed by atoms with Crippen LogP contribution in [0, 0.1) is 5.92 Å². The number of carbonyl (C=O) groups excluding carboxylic acids is 1. The molecule has 1 rings (SSSR count). The number of hydrogen-bond acceptors (Lipinski definition) is 3. The lowest BCUT2D eigenvalue weighted by Crippen LogP contribution is -2.31. The van der Waals surface area contributed by atoms with Crippen LogP contribution in [0.2, 0.25) is 0 Å². The molecule has 0 aliphatic heterocycles. The van der Waals surface area contributed by atoms with Gasteiger partial charge in [0.2, 0.25) is 5.91 Å². The number of rotatable bonds is 10. The van der Waals surface area contributed by atoms with E-state index in [1.165, 1.54) is 0 Å². The molecule has 112 valence electrons. The molecule has 0 fully saturated rings. The molecule has 1 amide bonds. The second kappa shape index (κ2) is 10.7. The number of thioether (sulfide) groups is 1. The van der Waals surface area contributed by atoms with Gasteiger partial charge in [0.15, 0.2) is 0 Å². The number of amides is 1. The van der Waals surface area contributed by atoms with E-state index in [9.17, 15) is 4.79 Å². The summed E-state index contributed by atoms with van der Waals surface area (Å²) in [7, 11) is 0. The van der Waals surface area contributed by atoms with E-state index in [2.05, 4.69) is 24.1 Å². The fourth-order valence-electron chi connectivity index (χ4n) is 2.01. The first kappa shape index (κ1) is 17.0. The minimum Gasteiger partial charge on any atom is -0.356 e. The van der Waals surface area contributed by atoms with Crippen LogP contribution in [0.4, 0.5) is 0 Å². The Hall–Kier alpha value is -1.03. The van der Waals surface area contributed by atoms with Crippen LogP contribution in [-0.2, 0) is 4.79 Å². The van der Waals surface area contributed by atoms with Gasteiger partial charge in [-0.1, -0.05) is 32.8 Å². The SMILES string of the molecule is CCCCC(CC)C(=O)NCCCSc1ccccn1. The standard InChI is InChI=1S/C16H26N2OS/c1-3-5-9-14(4-2)16(19)18-12-8-13-20-15-10-6-7-11-17-15/h6-7,10-11,14H,3-5,8-9,12-13H2,1-2H3,(H,18,19). The minimum absolute atomic E-state index is 0.193. The summed E-state index contributed by atoms with van der Waals surface area (Å²) in [6, 6.07) is 5.93. The highest BCUT2D eigenvalue weighted by atomic mass is 32.2. The number of unbranched alkanes of at least 4 members (excludes halogenated alkanes) is 1. The predicted octanol–water partition coefficient (Wildman–Crippen LogP) is 3.90. The van der Waals surface area contributed by atoms with Gasteiger partial charge in [0.05, 0.1) is 5.03 Å². The Bertz CT molecular complexity index is 370. The van der Waals surface area contributed by atoms with Crippen molar-refractivity contribution >= 4 is 17.7 Å². The summed E-state index contributed by atoms with van der Waals surface area (Å²) in [4.78, 5) is 16.2. The van der Waals surface area contributed by atoms with Crippen molar-refractivity contribution in [3.63, 3.8) is 0 Å². The van der Waals surface area contributed by atoms with E-state index in [0.29, 0.717) is 0 Å². The predicted molar refractivity (Wildman–Crippen MR) is 85.9 cm³/mol. The Morgan fingerprint density at radius 1 is 1.35 bits per heavy atom. The molecular weight excluding hydrogens is 268 g/mol. The van der Waals surface area contributed by atoms with E-state index in [0.717, 1.165) is 49.4 Å². The van der Waals surface area contributed by atoms with Crippen molar-refractivity contribution in [2.24, 2.45) is 5.92 Å². The number of aromatic nitrogens is 1. The summed E-state index contributed by atoms with van der Waals surface area (Å²) < 4.78 is 0. The first-order valence-corrected chi connectivity index (χ1v) is 8.58. The van der Waals surface area contributed by atoms with Crippen LogP contribution in [0.25, 0.3) is 0 Å². The van der Waals surface area contributed by atoms with E-state index < -0.39 is 0 Å². The first-order chi connectivity index (χ1) is 9.77. The fourth-order valence-corrected chi connectivity index (χ4v) is 2.82. The Kier molecular flexibility index (Phi) is 9.13. The van der Waals surface area contributed by atoms with Crippen molar-refractivity contribution in [2.75, 3.05) is 12.3 Å². The molecule has 1 atom stereocenters. The maximum atomic E-state index is 12.0. The largest absolute Gasteiger partial charge is 0.356 e. The maximum Gasteiger partial charge on any atom is 0.223 e. The van der Waals surface area contributed by atoms with Gasteiger partial charge < -0.3 is 5.32 Å². The molecule has 3 nitrogen and oxygen atoms in total. The number of nitrogens with one attached hydrogen (secondary N) is 1. The van der Waals surface area contributed by atoms with Crippen LogP contribution < -0.4 is 5.32 Å². The molecule has 1 heterocycles. The molecule has 4 heteroatoms. The second-order valence-corrected chi connectivity index (χ2v) is 6.02. The molecule has 0 spiro atoms. The molecule has 0 aliphatic rings. The van der Waals surface area contributed by atoms with Crippen molar-refractivity contribution in [2.45, 2.75) is 51.0 Å². The van der Waals surface area contributed by atoms with E-state index in [1.54, 1.807) is 11.8 Å². The summed E-state index contributed by atoms with van der Waals surface area (Å²) in [6.07, 6.45) is 7.04. The summed E-state index contributed by atoms with van der Waals surface area (Å²) in [5, 5.41) is 4.11. The van der Waals surface area contributed by atoms with Gasteiger partial charge in [0.25, 0.3) is 0 Å². The molecule has 0 bridgehead atoms. The molecule has 0 saturated heterocycles. The van der Waals surface area contributed by atoms with E-state index >= 15 is 0 Å². The Morgan fingerprint density at radius 3 is 2.85 bits per heavy atom. The molecular formula is C16H26N2OS. The summed E-state index contributed by atoms with van der Waals surface area (Å²) in [5.74, 6) is 1.41. The highest BCUT2D eigenvalue weighted by Crippen LogP contribution is 2.15. The lowest BCUT2D eigenvalue weighted by atomic mass is 9.98. The second-order valence-electron chi connectivity index (χ2n) is 4.91. The van der Waals surface area contributed by atoms with Crippen molar-refractivity contribution in [1.82, 2.24) is 10.3 Å². The van der Waals surface area contributed by atoms with Gasteiger partial charge in [-0.3, -0.25) is 4.79 Å². The van der Waals surface area contributed by atoms with E-state index in [-0.39, 0.29) is 11.8 Å². The smallest absolute Gasteiger partial charge is 0.223 e. The number of carbonyl (C=O) groups is 1. The Labute approximate surface area is 126 Å². The average Bonchev–Trinajstić information content (AvgIpc) is 2.48. The van der Waals surface area contributed by atoms with Gasteiger partial charge in [-0.05, 0) is 31.4 Å². The van der Waals surface area contributed by atoms with Crippen LogP contribution in [0.5, 0.6) is 0 Å². The molecule has 20 heavy (non-hydrogen) atoms. The Morgan fingerprint density at radius 2 is 2.20 bits per heavy atom. The van der Waals surface area contributed by atoms with Crippen LogP contribution >= 0.6 is 11.8 Å². The van der Waals surface area contributed by atoms with Crippen molar-refractivity contribution in [3.05, 3.63) is 24.4 Å². The summed E-state index contributed by atoms with van der Waals surface area (Å²) in [6.45, 7) is 5.03. The molecule has 0 radical (unpaired) electrons. The number of pyridine rings is 1. The fraction of sp³-hybridized carbons (Fsp3) is 0.625. The topological polar surface area (TPSA) is 42.0 Å². The monoisotopic (exact) mass is 294 g/mol. The third-order valence-corrected chi connectivity index (χ3v) is 4.31. The van der Waals surface area contributed by atoms with Gasteiger partial charge in [0.1, 0.15) is 0 Å². The van der Waals surface area contributed by atoms with Gasteiger partial charge in [-0.25, -0.2) is 4.98 Å². The van der Waals surface area contributed by atoms with E-state index in [1.807, 2.05) is 24.4 Å². The lowest BCUT2D eigenvalue weighted by molar-refractivity contribution is -0.125. The lowest BCUT2D eigenvalue weighted by Gasteiger charge is -2.14. The van der Waals surface area contributed by atoms with Crippen LogP contribution in [0.1, 0.15) is 46.0 Å². The van der Waals surface area contributed by atoms with Gasteiger partial charge >= 0.3 is 0 Å². The van der Waals surface area contributed by atoms with Gasteiger partial charge in [-0.2, -0.15) is 0 Å². The quantitative estimate of drug-likeness (QED) is 0.526.